The summed E-state index contributed by atoms with van der Waals surface area (Å²) in [6, 6.07) is 10.3. The summed E-state index contributed by atoms with van der Waals surface area (Å²) in [6.07, 6.45) is 4.40. The monoisotopic (exact) mass is 382 g/mol. The number of carbonyl (C=O) groups excluding carboxylic acids is 3. The Morgan fingerprint density at radius 3 is 2.57 bits per heavy atom. The Kier molecular flexibility index (Phi) is 6.21. The van der Waals surface area contributed by atoms with Crippen LogP contribution in [0.3, 0.4) is 0 Å². The molecule has 0 bridgehead atoms. The molecule has 28 heavy (non-hydrogen) atoms. The first-order chi connectivity index (χ1) is 13.5. The fraction of sp³-hybridized carbons (Fsp3) is 0.300. The Bertz CT molecular complexity index is 848. The quantitative estimate of drug-likeness (QED) is 0.773. The number of aromatic nitrogens is 1. The van der Waals surface area contributed by atoms with Crippen molar-refractivity contribution >= 4 is 17.7 Å². The van der Waals surface area contributed by atoms with E-state index in [0.717, 1.165) is 0 Å². The standard InChI is InChI=1S/C20H22N4O4/c21-18(25)13-23-19(26)16-5-1-2-6-17(16)28-15-7-10-24(11-8-15)20(27)14-4-3-9-22-12-14/h1-6,9,12,15H,7-8,10-11,13H2,(H2,21,25)(H,23,26). The van der Waals surface area contributed by atoms with Gasteiger partial charge < -0.3 is 20.7 Å². The first-order valence-electron chi connectivity index (χ1n) is 9.06. The molecular formula is C20H22N4O4. The largest absolute Gasteiger partial charge is 0.489 e. The third-order valence-corrected chi connectivity index (χ3v) is 4.49. The Morgan fingerprint density at radius 2 is 1.89 bits per heavy atom. The van der Waals surface area contributed by atoms with Gasteiger partial charge in [-0.2, -0.15) is 0 Å². The maximum absolute atomic E-state index is 12.5. The van der Waals surface area contributed by atoms with Crippen molar-refractivity contribution in [2.45, 2.75) is 18.9 Å². The normalized spacial score (nSPS) is 14.4. The molecule has 1 fully saturated rings. The van der Waals surface area contributed by atoms with E-state index in [4.69, 9.17) is 10.5 Å². The van der Waals surface area contributed by atoms with E-state index in [1.54, 1.807) is 53.7 Å². The second-order valence-corrected chi connectivity index (χ2v) is 6.50. The SMILES string of the molecule is NC(=O)CNC(=O)c1ccccc1OC1CCN(C(=O)c2cccnc2)CC1. The van der Waals surface area contributed by atoms with Gasteiger partial charge in [-0.25, -0.2) is 0 Å². The van der Waals surface area contributed by atoms with Crippen molar-refractivity contribution in [1.29, 1.82) is 0 Å². The fourth-order valence-corrected chi connectivity index (χ4v) is 3.05. The van der Waals surface area contributed by atoms with E-state index in [-0.39, 0.29) is 18.6 Å². The third-order valence-electron chi connectivity index (χ3n) is 4.49. The van der Waals surface area contributed by atoms with E-state index < -0.39 is 11.8 Å². The van der Waals surface area contributed by atoms with Crippen LogP contribution in [0.2, 0.25) is 0 Å². The van der Waals surface area contributed by atoms with Crippen molar-refractivity contribution in [3.05, 3.63) is 59.9 Å². The smallest absolute Gasteiger partial charge is 0.255 e. The van der Waals surface area contributed by atoms with Crippen LogP contribution in [0.15, 0.2) is 48.8 Å². The number of hydrogen-bond donors (Lipinski definition) is 2. The first-order valence-corrected chi connectivity index (χ1v) is 9.06. The summed E-state index contributed by atoms with van der Waals surface area (Å²) in [6.45, 7) is 0.894. The minimum absolute atomic E-state index is 0.0437. The lowest BCUT2D eigenvalue weighted by Gasteiger charge is -2.32. The fourth-order valence-electron chi connectivity index (χ4n) is 3.05. The second kappa shape index (κ2) is 8.98. The van der Waals surface area contributed by atoms with Gasteiger partial charge in [-0.3, -0.25) is 19.4 Å². The van der Waals surface area contributed by atoms with E-state index in [1.807, 2.05) is 0 Å². The Morgan fingerprint density at radius 1 is 1.14 bits per heavy atom. The Hall–Kier alpha value is -3.42. The number of rotatable bonds is 6. The lowest BCUT2D eigenvalue weighted by molar-refractivity contribution is -0.117. The first kappa shape index (κ1) is 19.3. The summed E-state index contributed by atoms with van der Waals surface area (Å²) in [5.74, 6) is -0.629. The van der Waals surface area contributed by atoms with E-state index in [1.165, 1.54) is 0 Å². The number of likely N-dealkylation sites (tertiary alicyclic amines) is 1. The van der Waals surface area contributed by atoms with E-state index >= 15 is 0 Å². The second-order valence-electron chi connectivity index (χ2n) is 6.50. The predicted molar refractivity (Wildman–Crippen MR) is 102 cm³/mol. The molecule has 8 nitrogen and oxygen atoms in total. The summed E-state index contributed by atoms with van der Waals surface area (Å²) >= 11 is 0. The molecule has 8 heteroatoms. The molecular weight excluding hydrogens is 360 g/mol. The molecule has 0 radical (unpaired) electrons. The summed E-state index contributed by atoms with van der Waals surface area (Å²) in [4.78, 5) is 41.4. The van der Waals surface area contributed by atoms with E-state index in [2.05, 4.69) is 10.3 Å². The molecule has 0 unspecified atom stereocenters. The molecule has 1 saturated heterocycles. The number of pyridine rings is 1. The van der Waals surface area contributed by atoms with Gasteiger partial charge in [0, 0.05) is 38.3 Å². The van der Waals surface area contributed by atoms with Crippen molar-refractivity contribution in [3.63, 3.8) is 0 Å². The minimum Gasteiger partial charge on any atom is -0.489 e. The van der Waals surface area contributed by atoms with Crippen molar-refractivity contribution in [3.8, 4) is 5.75 Å². The van der Waals surface area contributed by atoms with Crippen molar-refractivity contribution in [1.82, 2.24) is 15.2 Å². The van der Waals surface area contributed by atoms with Gasteiger partial charge in [-0.05, 0) is 24.3 Å². The zero-order chi connectivity index (χ0) is 19.9. The molecule has 0 saturated carbocycles. The minimum atomic E-state index is -0.614. The molecule has 3 N–H and O–H groups in total. The van der Waals surface area contributed by atoms with Crippen LogP contribution < -0.4 is 15.8 Å². The highest BCUT2D eigenvalue weighted by Crippen LogP contribution is 2.23. The van der Waals surface area contributed by atoms with Crippen LogP contribution >= 0.6 is 0 Å². The van der Waals surface area contributed by atoms with Gasteiger partial charge in [-0.1, -0.05) is 12.1 Å². The molecule has 0 aliphatic carbocycles. The average molecular weight is 382 g/mol. The maximum Gasteiger partial charge on any atom is 0.255 e. The lowest BCUT2D eigenvalue weighted by Crippen LogP contribution is -2.42. The van der Waals surface area contributed by atoms with Crippen LogP contribution in [0.4, 0.5) is 0 Å². The highest BCUT2D eigenvalue weighted by Gasteiger charge is 2.26. The lowest BCUT2D eigenvalue weighted by atomic mass is 10.1. The van der Waals surface area contributed by atoms with Gasteiger partial charge in [0.1, 0.15) is 11.9 Å². The zero-order valence-electron chi connectivity index (χ0n) is 15.3. The van der Waals surface area contributed by atoms with Crippen LogP contribution in [-0.2, 0) is 4.79 Å². The molecule has 0 spiro atoms. The number of amides is 3. The molecule has 1 aromatic carbocycles. The number of benzene rings is 1. The maximum atomic E-state index is 12.5. The summed E-state index contributed by atoms with van der Waals surface area (Å²) in [5.41, 5.74) is 5.98. The molecule has 3 rings (SSSR count). The molecule has 1 aliphatic rings. The molecule has 2 aromatic rings. The number of nitrogens with two attached hydrogens (primary N) is 1. The highest BCUT2D eigenvalue weighted by molar-refractivity contribution is 5.98. The number of nitrogens with zero attached hydrogens (tertiary/aromatic N) is 2. The van der Waals surface area contributed by atoms with Crippen molar-refractivity contribution < 1.29 is 19.1 Å². The van der Waals surface area contributed by atoms with Gasteiger partial charge in [0.05, 0.1) is 17.7 Å². The van der Waals surface area contributed by atoms with E-state index in [0.29, 0.717) is 42.8 Å². The van der Waals surface area contributed by atoms with Gasteiger partial charge in [0.15, 0.2) is 0 Å². The van der Waals surface area contributed by atoms with Gasteiger partial charge in [-0.15, -0.1) is 0 Å². The van der Waals surface area contributed by atoms with Crippen LogP contribution in [0, 0.1) is 0 Å². The third kappa shape index (κ3) is 4.85. The molecule has 146 valence electrons. The van der Waals surface area contributed by atoms with Crippen LogP contribution in [0.1, 0.15) is 33.6 Å². The number of carbonyl (C=O) groups is 3. The van der Waals surface area contributed by atoms with E-state index in [9.17, 15) is 14.4 Å². The van der Waals surface area contributed by atoms with Gasteiger partial charge in [0.25, 0.3) is 11.8 Å². The predicted octanol–water partition coefficient (Wildman–Crippen LogP) is 0.980. The highest BCUT2D eigenvalue weighted by atomic mass is 16.5. The zero-order valence-corrected chi connectivity index (χ0v) is 15.3. The number of para-hydroxylation sites is 1. The number of hydrogen-bond acceptors (Lipinski definition) is 5. The van der Waals surface area contributed by atoms with Crippen LogP contribution in [0.5, 0.6) is 5.75 Å². The Balaban J connectivity index is 1.58. The molecule has 1 aromatic heterocycles. The number of nitrogens with one attached hydrogen (secondary N) is 1. The van der Waals surface area contributed by atoms with Crippen molar-refractivity contribution in [2.24, 2.45) is 5.73 Å². The molecule has 0 atom stereocenters. The van der Waals surface area contributed by atoms with Crippen LogP contribution in [0.25, 0.3) is 0 Å². The topological polar surface area (TPSA) is 115 Å². The number of piperidine rings is 1. The molecule has 3 amide bonds. The summed E-state index contributed by atoms with van der Waals surface area (Å²) in [5, 5.41) is 2.46. The average Bonchev–Trinajstić information content (AvgIpc) is 2.73. The van der Waals surface area contributed by atoms with Gasteiger partial charge >= 0.3 is 0 Å². The van der Waals surface area contributed by atoms with Crippen LogP contribution in [-0.4, -0.2) is 53.3 Å². The summed E-state index contributed by atoms with van der Waals surface area (Å²) in [7, 11) is 0. The van der Waals surface area contributed by atoms with Gasteiger partial charge in [0.2, 0.25) is 5.91 Å². The summed E-state index contributed by atoms with van der Waals surface area (Å²) < 4.78 is 6.02. The number of ether oxygens (including phenoxy) is 1. The molecule has 1 aliphatic heterocycles. The molecule has 2 heterocycles. The van der Waals surface area contributed by atoms with Crippen molar-refractivity contribution in [2.75, 3.05) is 19.6 Å². The Labute approximate surface area is 162 Å². The number of primary amides is 1.